The van der Waals surface area contributed by atoms with Crippen LogP contribution in [0.25, 0.3) is 0 Å². The van der Waals surface area contributed by atoms with Crippen LogP contribution in [0.15, 0.2) is 0 Å². The van der Waals surface area contributed by atoms with Crippen molar-refractivity contribution in [3.63, 3.8) is 0 Å². The van der Waals surface area contributed by atoms with Crippen molar-refractivity contribution >= 4 is 11.8 Å². The number of carbonyl (C=O) groups is 2. The van der Waals surface area contributed by atoms with Gasteiger partial charge in [0.05, 0.1) is 6.10 Å². The van der Waals surface area contributed by atoms with Crippen molar-refractivity contribution < 1.29 is 14.7 Å². The fourth-order valence-electron chi connectivity index (χ4n) is 2.30. The monoisotopic (exact) mass is 284 g/mol. The van der Waals surface area contributed by atoms with Crippen LogP contribution in [0.4, 0.5) is 0 Å². The zero-order valence-electron chi connectivity index (χ0n) is 12.9. The van der Waals surface area contributed by atoms with E-state index < -0.39 is 0 Å². The maximum absolute atomic E-state index is 11.6. The van der Waals surface area contributed by atoms with E-state index in [1.165, 1.54) is 0 Å². The Balaban J connectivity index is 2.07. The van der Waals surface area contributed by atoms with Gasteiger partial charge in [-0.2, -0.15) is 0 Å². The second-order valence-electron chi connectivity index (χ2n) is 6.67. The highest BCUT2D eigenvalue weighted by Gasteiger charge is 2.25. The number of aliphatic hydroxyl groups excluding tert-OH is 1. The molecule has 1 rings (SSSR count). The van der Waals surface area contributed by atoms with E-state index in [9.17, 15) is 14.7 Å². The first-order valence-corrected chi connectivity index (χ1v) is 7.54. The summed E-state index contributed by atoms with van der Waals surface area (Å²) in [7, 11) is 0. The molecule has 0 spiro atoms. The molecule has 2 atom stereocenters. The number of rotatable bonds is 6. The van der Waals surface area contributed by atoms with Gasteiger partial charge in [0.25, 0.3) is 0 Å². The lowest BCUT2D eigenvalue weighted by molar-refractivity contribution is -0.128. The molecule has 0 radical (unpaired) electrons. The van der Waals surface area contributed by atoms with Gasteiger partial charge in [0.2, 0.25) is 11.8 Å². The summed E-state index contributed by atoms with van der Waals surface area (Å²) in [5.74, 6) is 0.209. The van der Waals surface area contributed by atoms with E-state index in [2.05, 4.69) is 10.6 Å². The van der Waals surface area contributed by atoms with Gasteiger partial charge in [0.15, 0.2) is 0 Å². The summed E-state index contributed by atoms with van der Waals surface area (Å²) in [6, 6.07) is 0. The van der Waals surface area contributed by atoms with Crippen molar-refractivity contribution in [2.24, 2.45) is 11.3 Å². The molecular formula is C15H28N2O3. The van der Waals surface area contributed by atoms with E-state index in [1.807, 2.05) is 20.8 Å². The van der Waals surface area contributed by atoms with Crippen molar-refractivity contribution in [3.8, 4) is 0 Å². The Morgan fingerprint density at radius 1 is 1.20 bits per heavy atom. The van der Waals surface area contributed by atoms with E-state index in [0.29, 0.717) is 25.9 Å². The molecular weight excluding hydrogens is 256 g/mol. The molecule has 0 heterocycles. The zero-order valence-corrected chi connectivity index (χ0v) is 12.9. The van der Waals surface area contributed by atoms with E-state index in [4.69, 9.17) is 0 Å². The smallest absolute Gasteiger partial charge is 0.225 e. The first kappa shape index (κ1) is 17.0. The number of amides is 2. The van der Waals surface area contributed by atoms with Gasteiger partial charge in [-0.15, -0.1) is 0 Å². The number of hydrogen-bond acceptors (Lipinski definition) is 3. The predicted octanol–water partition coefficient (Wildman–Crippen LogP) is 1.21. The molecule has 1 fully saturated rings. The molecule has 3 N–H and O–H groups in total. The summed E-state index contributed by atoms with van der Waals surface area (Å²) in [5.41, 5.74) is -0.388. The predicted molar refractivity (Wildman–Crippen MR) is 78.1 cm³/mol. The third-order valence-electron chi connectivity index (χ3n) is 3.73. The maximum atomic E-state index is 11.6. The number of aliphatic hydroxyl groups is 1. The minimum atomic E-state index is -0.388. The average molecular weight is 284 g/mol. The van der Waals surface area contributed by atoms with E-state index >= 15 is 0 Å². The molecule has 0 aliphatic heterocycles. The standard InChI is InChI=1S/C15H28N2O3/c1-15(2,3)14(20)16-9-5-8-13(19)17-10-11-6-4-7-12(11)18/h11-12,18H,4-10H2,1-3H3,(H,16,20)(H,17,19). The van der Waals surface area contributed by atoms with Gasteiger partial charge in [0, 0.05) is 30.8 Å². The second-order valence-corrected chi connectivity index (χ2v) is 6.67. The Bertz CT molecular complexity index is 337. The van der Waals surface area contributed by atoms with Gasteiger partial charge in [-0.25, -0.2) is 0 Å². The summed E-state index contributed by atoms with van der Waals surface area (Å²) in [6.07, 6.45) is 3.67. The first-order chi connectivity index (χ1) is 9.30. The lowest BCUT2D eigenvalue weighted by Gasteiger charge is -2.17. The molecule has 2 unspecified atom stereocenters. The first-order valence-electron chi connectivity index (χ1n) is 7.54. The van der Waals surface area contributed by atoms with Crippen LogP contribution in [0.2, 0.25) is 0 Å². The summed E-state index contributed by atoms with van der Waals surface area (Å²) >= 11 is 0. The molecule has 2 amide bonds. The molecule has 0 bridgehead atoms. The number of carbonyl (C=O) groups excluding carboxylic acids is 2. The van der Waals surface area contributed by atoms with Gasteiger partial charge in [-0.1, -0.05) is 27.2 Å². The molecule has 1 aliphatic carbocycles. The van der Waals surface area contributed by atoms with Crippen LogP contribution >= 0.6 is 0 Å². The molecule has 0 aromatic heterocycles. The van der Waals surface area contributed by atoms with E-state index in [0.717, 1.165) is 19.3 Å². The van der Waals surface area contributed by atoms with Gasteiger partial charge in [-0.05, 0) is 19.3 Å². The largest absolute Gasteiger partial charge is 0.393 e. The van der Waals surface area contributed by atoms with Crippen LogP contribution in [0.3, 0.4) is 0 Å². The minimum absolute atomic E-state index is 0.00546. The summed E-state index contributed by atoms with van der Waals surface area (Å²) in [4.78, 5) is 23.2. The van der Waals surface area contributed by atoms with E-state index in [-0.39, 0.29) is 29.3 Å². The SMILES string of the molecule is CC(C)(C)C(=O)NCCCC(=O)NCC1CCCC1O. The minimum Gasteiger partial charge on any atom is -0.393 e. The van der Waals surface area contributed by atoms with Crippen LogP contribution in [-0.2, 0) is 9.59 Å². The van der Waals surface area contributed by atoms with Gasteiger partial charge < -0.3 is 15.7 Å². The molecule has 0 aromatic rings. The number of hydrogen-bond donors (Lipinski definition) is 3. The second kappa shape index (κ2) is 7.62. The molecule has 1 aliphatic rings. The van der Waals surface area contributed by atoms with Crippen LogP contribution in [-0.4, -0.2) is 36.1 Å². The lowest BCUT2D eigenvalue weighted by atomic mass is 9.96. The Labute approximate surface area is 121 Å². The van der Waals surface area contributed by atoms with Crippen LogP contribution < -0.4 is 10.6 Å². The zero-order chi connectivity index (χ0) is 15.2. The summed E-state index contributed by atoms with van der Waals surface area (Å²) in [5, 5.41) is 15.3. The van der Waals surface area contributed by atoms with Crippen LogP contribution in [0, 0.1) is 11.3 Å². The lowest BCUT2D eigenvalue weighted by Crippen LogP contribution is -2.36. The molecule has 5 nitrogen and oxygen atoms in total. The third-order valence-corrected chi connectivity index (χ3v) is 3.73. The highest BCUT2D eigenvalue weighted by molar-refractivity contribution is 5.81. The van der Waals surface area contributed by atoms with Crippen molar-refractivity contribution in [2.75, 3.05) is 13.1 Å². The average Bonchev–Trinajstić information content (AvgIpc) is 2.76. The quantitative estimate of drug-likeness (QED) is 0.641. The van der Waals surface area contributed by atoms with Gasteiger partial charge >= 0.3 is 0 Å². The highest BCUT2D eigenvalue weighted by atomic mass is 16.3. The fraction of sp³-hybridized carbons (Fsp3) is 0.867. The fourth-order valence-corrected chi connectivity index (χ4v) is 2.30. The topological polar surface area (TPSA) is 78.4 Å². The van der Waals surface area contributed by atoms with Crippen molar-refractivity contribution in [3.05, 3.63) is 0 Å². The Kier molecular flexibility index (Phi) is 6.46. The highest BCUT2D eigenvalue weighted by Crippen LogP contribution is 2.24. The molecule has 116 valence electrons. The van der Waals surface area contributed by atoms with Gasteiger partial charge in [0.1, 0.15) is 0 Å². The van der Waals surface area contributed by atoms with Crippen molar-refractivity contribution in [1.82, 2.24) is 10.6 Å². The van der Waals surface area contributed by atoms with Gasteiger partial charge in [-0.3, -0.25) is 9.59 Å². The molecule has 0 saturated heterocycles. The molecule has 1 saturated carbocycles. The summed E-state index contributed by atoms with van der Waals surface area (Å²) in [6.45, 7) is 6.68. The molecule has 0 aromatic carbocycles. The van der Waals surface area contributed by atoms with Crippen molar-refractivity contribution in [1.29, 1.82) is 0 Å². The van der Waals surface area contributed by atoms with E-state index in [1.54, 1.807) is 0 Å². The maximum Gasteiger partial charge on any atom is 0.225 e. The normalized spacial score (nSPS) is 22.6. The molecule has 5 heteroatoms. The Morgan fingerprint density at radius 3 is 2.45 bits per heavy atom. The third kappa shape index (κ3) is 5.90. The van der Waals surface area contributed by atoms with Crippen LogP contribution in [0.1, 0.15) is 52.9 Å². The Hall–Kier alpha value is -1.10. The van der Waals surface area contributed by atoms with Crippen LogP contribution in [0.5, 0.6) is 0 Å². The number of nitrogens with one attached hydrogen (secondary N) is 2. The van der Waals surface area contributed by atoms with Crippen molar-refractivity contribution in [2.45, 2.75) is 59.0 Å². The summed E-state index contributed by atoms with van der Waals surface area (Å²) < 4.78 is 0. The molecule has 20 heavy (non-hydrogen) atoms. The Morgan fingerprint density at radius 2 is 1.90 bits per heavy atom.